The lowest BCUT2D eigenvalue weighted by molar-refractivity contribution is -0.151. The van der Waals surface area contributed by atoms with Gasteiger partial charge in [0.05, 0.1) is 19.6 Å². The molecule has 0 radical (unpaired) electrons. The number of carboxylic acid groups (broad SMARTS) is 1. The maximum atomic E-state index is 13.0. The highest BCUT2D eigenvalue weighted by molar-refractivity contribution is 5.89. The van der Waals surface area contributed by atoms with E-state index in [1.54, 1.807) is 12.0 Å². The Balaban J connectivity index is 1.79. The van der Waals surface area contributed by atoms with Crippen molar-refractivity contribution in [3.05, 3.63) is 42.0 Å². The summed E-state index contributed by atoms with van der Waals surface area (Å²) in [6.07, 6.45) is 0.409. The molecule has 0 aromatic heterocycles. The number of carbonyl (C=O) groups is 2. The number of likely N-dealkylation sites (tertiary alicyclic amines) is 1. The van der Waals surface area contributed by atoms with Crippen molar-refractivity contribution in [2.75, 3.05) is 33.9 Å². The van der Waals surface area contributed by atoms with E-state index in [1.165, 1.54) is 7.11 Å². The van der Waals surface area contributed by atoms with Crippen molar-refractivity contribution >= 4 is 22.6 Å². The number of aliphatic carboxylic acids is 1. The average molecular weight is 371 g/mol. The van der Waals surface area contributed by atoms with E-state index in [0.717, 1.165) is 22.1 Å². The van der Waals surface area contributed by atoms with Crippen molar-refractivity contribution in [2.45, 2.75) is 19.3 Å². The second-order valence-corrected chi connectivity index (χ2v) is 7.22. The highest BCUT2D eigenvalue weighted by atomic mass is 16.5. The van der Waals surface area contributed by atoms with Crippen LogP contribution in [0.4, 0.5) is 0 Å². The Kier molecular flexibility index (Phi) is 5.37. The molecular weight excluding hydrogens is 346 g/mol. The van der Waals surface area contributed by atoms with Crippen molar-refractivity contribution in [1.29, 1.82) is 0 Å². The molecule has 0 aliphatic carbocycles. The zero-order valence-corrected chi connectivity index (χ0v) is 15.9. The molecular formula is C21H25NO5. The molecule has 1 aliphatic heterocycles. The molecule has 6 nitrogen and oxygen atoms in total. The minimum Gasteiger partial charge on any atom is -0.497 e. The molecule has 0 spiro atoms. The molecule has 2 aromatic rings. The molecule has 6 heteroatoms. The predicted octanol–water partition coefficient (Wildman–Crippen LogP) is 2.90. The van der Waals surface area contributed by atoms with Crippen LogP contribution in [0, 0.1) is 5.41 Å². The van der Waals surface area contributed by atoms with E-state index in [0.29, 0.717) is 13.0 Å². The summed E-state index contributed by atoms with van der Waals surface area (Å²) in [5.41, 5.74) is -0.0957. The van der Waals surface area contributed by atoms with Crippen molar-refractivity contribution < 1.29 is 24.2 Å². The van der Waals surface area contributed by atoms with Gasteiger partial charge in [0, 0.05) is 20.2 Å². The summed E-state index contributed by atoms with van der Waals surface area (Å²) in [6.45, 7) is 2.59. The maximum absolute atomic E-state index is 13.0. The van der Waals surface area contributed by atoms with E-state index in [-0.39, 0.29) is 25.0 Å². The van der Waals surface area contributed by atoms with Crippen molar-refractivity contribution in [1.82, 2.24) is 4.90 Å². The quantitative estimate of drug-likeness (QED) is 0.845. The minimum atomic E-state index is -1.01. The van der Waals surface area contributed by atoms with Crippen LogP contribution in [0.1, 0.15) is 24.8 Å². The van der Waals surface area contributed by atoms with E-state index in [2.05, 4.69) is 0 Å². The van der Waals surface area contributed by atoms with Gasteiger partial charge in [-0.1, -0.05) is 24.3 Å². The van der Waals surface area contributed by atoms with Crippen LogP contribution in [-0.4, -0.2) is 55.8 Å². The second kappa shape index (κ2) is 7.56. The highest BCUT2D eigenvalue weighted by Gasteiger charge is 2.47. The van der Waals surface area contributed by atoms with Crippen molar-refractivity contribution in [3.63, 3.8) is 0 Å². The number of fused-ring (bicyclic) bond motifs is 1. The molecule has 1 fully saturated rings. The molecule has 2 atom stereocenters. The summed E-state index contributed by atoms with van der Waals surface area (Å²) >= 11 is 0. The zero-order chi connectivity index (χ0) is 19.6. The first-order chi connectivity index (χ1) is 12.9. The Hall–Kier alpha value is -2.60. The number of ether oxygens (including phenoxy) is 2. The summed E-state index contributed by atoms with van der Waals surface area (Å²) < 4.78 is 10.3. The van der Waals surface area contributed by atoms with Gasteiger partial charge in [0.15, 0.2) is 0 Å². The molecule has 1 heterocycles. The van der Waals surface area contributed by atoms with Crippen LogP contribution in [0.25, 0.3) is 10.8 Å². The fourth-order valence-electron chi connectivity index (χ4n) is 3.75. The van der Waals surface area contributed by atoms with Gasteiger partial charge in [-0.2, -0.15) is 0 Å². The van der Waals surface area contributed by atoms with Crippen LogP contribution >= 0.6 is 0 Å². The number of nitrogens with zero attached hydrogens (tertiary/aromatic N) is 1. The smallest absolute Gasteiger partial charge is 0.313 e. The molecule has 27 heavy (non-hydrogen) atoms. The molecule has 0 bridgehead atoms. The SMILES string of the molecule is COCC1(C(=O)O)CCN(C(=O)C(C)c2ccc3cc(OC)ccc3c2)C1. The lowest BCUT2D eigenvalue weighted by Gasteiger charge is -2.25. The van der Waals surface area contributed by atoms with Crippen LogP contribution in [0.2, 0.25) is 0 Å². The summed E-state index contributed by atoms with van der Waals surface area (Å²) in [5, 5.41) is 11.7. The molecule has 1 N–H and O–H groups in total. The van der Waals surface area contributed by atoms with E-state index in [1.807, 2.05) is 43.3 Å². The number of hydrogen-bond acceptors (Lipinski definition) is 4. The predicted molar refractivity (Wildman–Crippen MR) is 102 cm³/mol. The minimum absolute atomic E-state index is 0.0536. The van der Waals surface area contributed by atoms with Gasteiger partial charge in [0.25, 0.3) is 0 Å². The summed E-state index contributed by atoms with van der Waals surface area (Å²) in [4.78, 5) is 26.3. The molecule has 3 rings (SSSR count). The van der Waals surface area contributed by atoms with Crippen molar-refractivity contribution in [3.8, 4) is 5.75 Å². The van der Waals surface area contributed by atoms with Crippen LogP contribution in [0.15, 0.2) is 36.4 Å². The third kappa shape index (κ3) is 3.62. The van der Waals surface area contributed by atoms with Gasteiger partial charge < -0.3 is 19.5 Å². The number of hydrogen-bond donors (Lipinski definition) is 1. The number of carboxylic acids is 1. The zero-order valence-electron chi connectivity index (χ0n) is 15.9. The second-order valence-electron chi connectivity index (χ2n) is 7.22. The first-order valence-electron chi connectivity index (χ1n) is 8.99. The van der Waals surface area contributed by atoms with Crippen LogP contribution in [0.3, 0.4) is 0 Å². The maximum Gasteiger partial charge on any atom is 0.313 e. The van der Waals surface area contributed by atoms with Crippen LogP contribution in [-0.2, 0) is 14.3 Å². The number of methoxy groups -OCH3 is 2. The van der Waals surface area contributed by atoms with Crippen LogP contribution in [0.5, 0.6) is 5.75 Å². The van der Waals surface area contributed by atoms with E-state index in [9.17, 15) is 14.7 Å². The van der Waals surface area contributed by atoms with Gasteiger partial charge in [-0.25, -0.2) is 0 Å². The number of amides is 1. The van der Waals surface area contributed by atoms with Gasteiger partial charge in [-0.15, -0.1) is 0 Å². The fourth-order valence-corrected chi connectivity index (χ4v) is 3.75. The molecule has 2 unspecified atom stereocenters. The Morgan fingerprint density at radius 2 is 1.89 bits per heavy atom. The third-order valence-electron chi connectivity index (χ3n) is 5.48. The van der Waals surface area contributed by atoms with Gasteiger partial charge in [0.2, 0.25) is 5.91 Å². The van der Waals surface area contributed by atoms with Gasteiger partial charge in [-0.05, 0) is 41.8 Å². The van der Waals surface area contributed by atoms with E-state index in [4.69, 9.17) is 9.47 Å². The van der Waals surface area contributed by atoms with E-state index >= 15 is 0 Å². The van der Waals surface area contributed by atoms with E-state index < -0.39 is 11.4 Å². The Labute approximate surface area is 158 Å². The van der Waals surface area contributed by atoms with Gasteiger partial charge >= 0.3 is 5.97 Å². The fraction of sp³-hybridized carbons (Fsp3) is 0.429. The third-order valence-corrected chi connectivity index (χ3v) is 5.48. The normalized spacial score (nSPS) is 20.6. The van der Waals surface area contributed by atoms with Gasteiger partial charge in [0.1, 0.15) is 11.2 Å². The lowest BCUT2D eigenvalue weighted by Crippen LogP contribution is -2.41. The monoisotopic (exact) mass is 371 g/mol. The average Bonchev–Trinajstić information content (AvgIpc) is 3.12. The number of carbonyl (C=O) groups excluding carboxylic acids is 1. The highest BCUT2D eigenvalue weighted by Crippen LogP contribution is 2.34. The van der Waals surface area contributed by atoms with Crippen molar-refractivity contribution in [2.24, 2.45) is 5.41 Å². The Morgan fingerprint density at radius 1 is 1.19 bits per heavy atom. The lowest BCUT2D eigenvalue weighted by atomic mass is 9.88. The summed E-state index contributed by atoms with van der Waals surface area (Å²) in [7, 11) is 3.12. The first kappa shape index (κ1) is 19.2. The number of benzene rings is 2. The van der Waals surface area contributed by atoms with Crippen LogP contribution < -0.4 is 4.74 Å². The first-order valence-corrected chi connectivity index (χ1v) is 8.99. The largest absolute Gasteiger partial charge is 0.497 e. The molecule has 2 aromatic carbocycles. The molecule has 1 amide bonds. The van der Waals surface area contributed by atoms with Gasteiger partial charge in [-0.3, -0.25) is 9.59 Å². The summed E-state index contributed by atoms with van der Waals surface area (Å²) in [6, 6.07) is 11.8. The Morgan fingerprint density at radius 3 is 2.56 bits per heavy atom. The molecule has 0 saturated carbocycles. The molecule has 144 valence electrons. The topological polar surface area (TPSA) is 76.1 Å². The molecule has 1 saturated heterocycles. The molecule has 1 aliphatic rings. The number of rotatable bonds is 6. The Bertz CT molecular complexity index is 865. The standard InChI is InChI=1S/C21H25NO5/c1-14(15-4-5-17-11-18(27-3)7-6-16(17)10-15)19(23)22-9-8-21(12-22,13-26-2)20(24)25/h4-7,10-11,14H,8-9,12-13H2,1-3H3,(H,24,25). The summed E-state index contributed by atoms with van der Waals surface area (Å²) in [5.74, 6) is -0.516.